The quantitative estimate of drug-likeness (QED) is 0.378. The molecule has 138 valence electrons. The number of aromatic nitrogens is 2. The molecule has 3 aromatic rings. The molecule has 0 saturated carbocycles. The van der Waals surface area contributed by atoms with Crippen molar-refractivity contribution in [3.63, 3.8) is 0 Å². The van der Waals surface area contributed by atoms with E-state index in [4.69, 9.17) is 0 Å². The second-order valence-corrected chi connectivity index (χ2v) is 5.85. The zero-order valence-electron chi connectivity index (χ0n) is 14.8. The van der Waals surface area contributed by atoms with Crippen LogP contribution in [0.3, 0.4) is 0 Å². The third-order valence-corrected chi connectivity index (χ3v) is 3.99. The van der Waals surface area contributed by atoms with Gasteiger partial charge in [0, 0.05) is 42.6 Å². The van der Waals surface area contributed by atoms with Crippen molar-refractivity contribution in [1.29, 1.82) is 0 Å². The van der Waals surface area contributed by atoms with Crippen LogP contribution in [-0.4, -0.2) is 33.9 Å². The van der Waals surface area contributed by atoms with Gasteiger partial charge < -0.3 is 10.6 Å². The Hall–Kier alpha value is -3.55. The van der Waals surface area contributed by atoms with Gasteiger partial charge in [0.15, 0.2) is 0 Å². The van der Waals surface area contributed by atoms with Crippen LogP contribution < -0.4 is 10.6 Å². The number of carbonyl (C=O) groups excluding carboxylic acids is 1. The fraction of sp³-hybridized carbons (Fsp3) is 0.211. The Kier molecular flexibility index (Phi) is 5.55. The summed E-state index contributed by atoms with van der Waals surface area (Å²) in [6, 6.07) is 13.4. The van der Waals surface area contributed by atoms with Crippen molar-refractivity contribution in [2.75, 3.05) is 18.4 Å². The molecule has 1 aromatic heterocycles. The Labute approximate surface area is 155 Å². The number of nitrogens with zero attached hydrogens (tertiary/aromatic N) is 3. The molecule has 0 radical (unpaired) electrons. The summed E-state index contributed by atoms with van der Waals surface area (Å²) in [5.41, 5.74) is 1.01. The maximum Gasteiger partial charge on any atom is 0.270 e. The van der Waals surface area contributed by atoms with E-state index in [9.17, 15) is 14.9 Å². The molecule has 1 amide bonds. The molecule has 2 aromatic carbocycles. The Balaban J connectivity index is 1.62. The first kappa shape index (κ1) is 18.2. The minimum Gasteiger partial charge on any atom is -0.368 e. The normalized spacial score (nSPS) is 10.6. The zero-order valence-corrected chi connectivity index (χ0v) is 14.8. The lowest BCUT2D eigenvalue weighted by atomic mass is 10.2. The number of fused-ring (bicyclic) bond motifs is 1. The second-order valence-electron chi connectivity index (χ2n) is 5.85. The van der Waals surface area contributed by atoms with Gasteiger partial charge in [0.1, 0.15) is 11.6 Å². The highest BCUT2D eigenvalue weighted by Gasteiger charge is 2.11. The fourth-order valence-corrected chi connectivity index (χ4v) is 2.64. The third-order valence-electron chi connectivity index (χ3n) is 3.99. The van der Waals surface area contributed by atoms with Gasteiger partial charge in [-0.25, -0.2) is 9.97 Å². The molecular formula is C19H19N5O3. The van der Waals surface area contributed by atoms with Crippen molar-refractivity contribution in [3.8, 4) is 0 Å². The molecule has 3 rings (SSSR count). The first-order valence-electron chi connectivity index (χ1n) is 8.60. The number of anilines is 1. The van der Waals surface area contributed by atoms with E-state index >= 15 is 0 Å². The molecule has 0 aliphatic heterocycles. The van der Waals surface area contributed by atoms with Crippen LogP contribution in [0, 0.1) is 10.1 Å². The summed E-state index contributed by atoms with van der Waals surface area (Å²) < 4.78 is 0. The molecule has 0 aliphatic rings. The van der Waals surface area contributed by atoms with E-state index in [1.165, 1.54) is 18.2 Å². The Bertz CT molecular complexity index is 990. The Morgan fingerprint density at radius 1 is 1.11 bits per heavy atom. The summed E-state index contributed by atoms with van der Waals surface area (Å²) in [5.74, 6) is 1.11. The third kappa shape index (κ3) is 4.35. The fourth-order valence-electron chi connectivity index (χ4n) is 2.64. The highest BCUT2D eigenvalue weighted by molar-refractivity contribution is 5.94. The van der Waals surface area contributed by atoms with E-state index in [1.807, 2.05) is 31.2 Å². The molecule has 1 heterocycles. The van der Waals surface area contributed by atoms with Crippen LogP contribution in [0.5, 0.6) is 0 Å². The average molecular weight is 365 g/mol. The number of hydrogen-bond donors (Lipinski definition) is 2. The van der Waals surface area contributed by atoms with Crippen LogP contribution in [0.1, 0.15) is 23.1 Å². The van der Waals surface area contributed by atoms with Gasteiger partial charge in [-0.15, -0.1) is 0 Å². The predicted molar refractivity (Wildman–Crippen MR) is 103 cm³/mol. The standard InChI is InChI=1S/C19H19N5O3/c1-2-17-22-16-9-4-3-8-15(16)18(23-17)20-10-11-21-19(25)13-6-5-7-14(12-13)24(26)27/h3-9,12H,2,10-11H2,1H3,(H,21,25)(H,20,22,23). The van der Waals surface area contributed by atoms with Crippen molar-refractivity contribution in [2.45, 2.75) is 13.3 Å². The summed E-state index contributed by atoms with van der Waals surface area (Å²) in [6.07, 6.45) is 0.725. The lowest BCUT2D eigenvalue weighted by molar-refractivity contribution is -0.384. The molecule has 0 aliphatic carbocycles. The molecule has 27 heavy (non-hydrogen) atoms. The largest absolute Gasteiger partial charge is 0.368 e. The number of nitro groups is 1. The van der Waals surface area contributed by atoms with E-state index in [2.05, 4.69) is 20.6 Å². The number of carbonyl (C=O) groups is 1. The van der Waals surface area contributed by atoms with Crippen LogP contribution in [-0.2, 0) is 6.42 Å². The minimum atomic E-state index is -0.524. The summed E-state index contributed by atoms with van der Waals surface area (Å²) in [7, 11) is 0. The summed E-state index contributed by atoms with van der Waals surface area (Å²) >= 11 is 0. The minimum absolute atomic E-state index is 0.111. The van der Waals surface area contributed by atoms with Gasteiger partial charge in [-0.2, -0.15) is 0 Å². The number of para-hydroxylation sites is 1. The SMILES string of the molecule is CCc1nc(NCCNC(=O)c2cccc([N+](=O)[O-])c2)c2ccccc2n1. The van der Waals surface area contributed by atoms with E-state index in [0.29, 0.717) is 13.1 Å². The van der Waals surface area contributed by atoms with Crippen LogP contribution in [0.25, 0.3) is 10.9 Å². The molecule has 8 nitrogen and oxygen atoms in total. The van der Waals surface area contributed by atoms with Crippen molar-refractivity contribution >= 4 is 28.3 Å². The Morgan fingerprint density at radius 2 is 1.93 bits per heavy atom. The lowest BCUT2D eigenvalue weighted by Gasteiger charge is -2.11. The second kappa shape index (κ2) is 8.22. The maximum atomic E-state index is 12.2. The molecule has 0 unspecified atom stereocenters. The molecule has 0 saturated heterocycles. The van der Waals surface area contributed by atoms with Gasteiger partial charge in [-0.3, -0.25) is 14.9 Å². The van der Waals surface area contributed by atoms with Crippen molar-refractivity contribution in [3.05, 3.63) is 70.0 Å². The van der Waals surface area contributed by atoms with Crippen molar-refractivity contribution in [1.82, 2.24) is 15.3 Å². The van der Waals surface area contributed by atoms with Gasteiger partial charge in [-0.1, -0.05) is 25.1 Å². The topological polar surface area (TPSA) is 110 Å². The van der Waals surface area contributed by atoms with Crippen molar-refractivity contribution in [2.24, 2.45) is 0 Å². The van der Waals surface area contributed by atoms with E-state index < -0.39 is 4.92 Å². The maximum absolute atomic E-state index is 12.2. The molecule has 0 spiro atoms. The van der Waals surface area contributed by atoms with Gasteiger partial charge in [0.25, 0.3) is 11.6 Å². The van der Waals surface area contributed by atoms with E-state index in [-0.39, 0.29) is 17.2 Å². The van der Waals surface area contributed by atoms with E-state index in [0.717, 1.165) is 29.0 Å². The molecule has 2 N–H and O–H groups in total. The van der Waals surface area contributed by atoms with Gasteiger partial charge in [0.2, 0.25) is 0 Å². The van der Waals surface area contributed by atoms with Crippen molar-refractivity contribution < 1.29 is 9.72 Å². The number of nitrogens with one attached hydrogen (secondary N) is 2. The predicted octanol–water partition coefficient (Wildman–Crippen LogP) is 2.94. The number of amides is 1. The molecule has 0 atom stereocenters. The van der Waals surface area contributed by atoms with E-state index in [1.54, 1.807) is 6.07 Å². The van der Waals surface area contributed by atoms with Gasteiger partial charge in [-0.05, 0) is 18.2 Å². The molecule has 8 heteroatoms. The monoisotopic (exact) mass is 365 g/mol. The Morgan fingerprint density at radius 3 is 2.70 bits per heavy atom. The highest BCUT2D eigenvalue weighted by atomic mass is 16.6. The summed E-state index contributed by atoms with van der Waals surface area (Å²) in [6.45, 7) is 2.80. The average Bonchev–Trinajstić information content (AvgIpc) is 2.70. The number of nitro benzene ring substituents is 1. The lowest BCUT2D eigenvalue weighted by Crippen LogP contribution is -2.29. The van der Waals surface area contributed by atoms with Crippen LogP contribution in [0.15, 0.2) is 48.5 Å². The molecular weight excluding hydrogens is 346 g/mol. The summed E-state index contributed by atoms with van der Waals surface area (Å²) in [5, 5.41) is 17.7. The molecule has 0 fully saturated rings. The first-order valence-corrected chi connectivity index (χ1v) is 8.60. The highest BCUT2D eigenvalue weighted by Crippen LogP contribution is 2.20. The molecule has 0 bridgehead atoms. The van der Waals surface area contributed by atoms with Crippen LogP contribution in [0.4, 0.5) is 11.5 Å². The number of hydrogen-bond acceptors (Lipinski definition) is 6. The van der Waals surface area contributed by atoms with Gasteiger partial charge in [0.05, 0.1) is 10.4 Å². The zero-order chi connectivity index (χ0) is 19.2. The first-order chi connectivity index (χ1) is 13.1. The smallest absolute Gasteiger partial charge is 0.270 e. The summed E-state index contributed by atoms with van der Waals surface area (Å²) in [4.78, 5) is 31.4. The number of aryl methyl sites for hydroxylation is 1. The van der Waals surface area contributed by atoms with Crippen LogP contribution >= 0.6 is 0 Å². The number of benzene rings is 2. The number of rotatable bonds is 7. The van der Waals surface area contributed by atoms with Gasteiger partial charge >= 0.3 is 0 Å². The van der Waals surface area contributed by atoms with Crippen LogP contribution in [0.2, 0.25) is 0 Å². The number of non-ortho nitro benzene ring substituents is 1.